The summed E-state index contributed by atoms with van der Waals surface area (Å²) in [5.41, 5.74) is 0.928. The summed E-state index contributed by atoms with van der Waals surface area (Å²) in [5.74, 6) is -0.132. The number of hydrogen-bond acceptors (Lipinski definition) is 6. The van der Waals surface area contributed by atoms with Crippen LogP contribution in [0.3, 0.4) is 0 Å². The number of aromatic hydroxyl groups is 2. The van der Waals surface area contributed by atoms with Crippen LogP contribution in [0.2, 0.25) is 0 Å². The number of nitro groups is 1. The highest BCUT2D eigenvalue weighted by molar-refractivity contribution is 5.61. The summed E-state index contributed by atoms with van der Waals surface area (Å²) >= 11 is 0. The third-order valence-electron chi connectivity index (χ3n) is 2.87. The van der Waals surface area contributed by atoms with Gasteiger partial charge in [0.25, 0.3) is 5.69 Å². The Labute approximate surface area is 119 Å². The minimum atomic E-state index is -0.573. The molecule has 106 valence electrons. The van der Waals surface area contributed by atoms with Crippen molar-refractivity contribution in [2.24, 2.45) is 0 Å². The maximum absolute atomic E-state index is 10.7. The standard InChI is InChI=1S/C14H11N3O4/c15-7-10-5-11(17(20)21)2-4-13(10)16-8-9-1-3-12(18)6-14(9)19/h1-6,16,18-19H,8H2. The molecular weight excluding hydrogens is 274 g/mol. The molecule has 7 heteroatoms. The minimum absolute atomic E-state index is 0.0516. The molecule has 0 spiro atoms. The second-order valence-corrected chi connectivity index (χ2v) is 4.27. The van der Waals surface area contributed by atoms with Crippen molar-refractivity contribution in [2.45, 2.75) is 6.54 Å². The number of nitriles is 1. The molecule has 0 radical (unpaired) electrons. The van der Waals surface area contributed by atoms with Crippen LogP contribution in [0.5, 0.6) is 11.5 Å². The van der Waals surface area contributed by atoms with Crippen LogP contribution in [-0.4, -0.2) is 15.1 Å². The highest BCUT2D eigenvalue weighted by Gasteiger charge is 2.11. The maximum Gasteiger partial charge on any atom is 0.270 e. The molecule has 2 rings (SSSR count). The second-order valence-electron chi connectivity index (χ2n) is 4.27. The van der Waals surface area contributed by atoms with Crippen LogP contribution in [0, 0.1) is 21.4 Å². The smallest absolute Gasteiger partial charge is 0.270 e. The fourth-order valence-corrected chi connectivity index (χ4v) is 1.78. The molecule has 0 atom stereocenters. The van der Waals surface area contributed by atoms with Gasteiger partial charge in [0.2, 0.25) is 0 Å². The van der Waals surface area contributed by atoms with Crippen LogP contribution in [0.4, 0.5) is 11.4 Å². The van der Waals surface area contributed by atoms with Crippen LogP contribution in [0.1, 0.15) is 11.1 Å². The summed E-state index contributed by atoms with van der Waals surface area (Å²) in [6.45, 7) is 0.207. The molecule has 0 aliphatic heterocycles. The van der Waals surface area contributed by atoms with Crippen LogP contribution < -0.4 is 5.32 Å². The normalized spacial score (nSPS) is 9.86. The molecule has 2 aromatic rings. The van der Waals surface area contributed by atoms with Crippen molar-refractivity contribution in [1.29, 1.82) is 5.26 Å². The first-order chi connectivity index (χ1) is 10.0. The Balaban J connectivity index is 2.20. The van der Waals surface area contributed by atoms with Crippen molar-refractivity contribution in [3.8, 4) is 17.6 Å². The lowest BCUT2D eigenvalue weighted by atomic mass is 10.1. The molecule has 0 heterocycles. The van der Waals surface area contributed by atoms with Crippen LogP contribution >= 0.6 is 0 Å². The molecule has 0 saturated heterocycles. The zero-order chi connectivity index (χ0) is 15.4. The van der Waals surface area contributed by atoms with Crippen LogP contribution in [-0.2, 0) is 6.54 Å². The second kappa shape index (κ2) is 5.79. The van der Waals surface area contributed by atoms with E-state index >= 15 is 0 Å². The molecule has 0 bridgehead atoms. The molecule has 0 saturated carbocycles. The molecule has 0 unspecified atom stereocenters. The summed E-state index contributed by atoms with van der Waals surface area (Å²) in [4.78, 5) is 10.1. The number of phenols is 2. The molecule has 0 amide bonds. The Bertz CT molecular complexity index is 737. The van der Waals surface area contributed by atoms with Gasteiger partial charge in [-0.2, -0.15) is 5.26 Å². The lowest BCUT2D eigenvalue weighted by molar-refractivity contribution is -0.384. The van der Waals surface area contributed by atoms with Gasteiger partial charge in [0.1, 0.15) is 17.6 Å². The Morgan fingerprint density at radius 1 is 1.24 bits per heavy atom. The average molecular weight is 285 g/mol. The van der Waals surface area contributed by atoms with Crippen molar-refractivity contribution >= 4 is 11.4 Å². The summed E-state index contributed by atoms with van der Waals surface area (Å²) < 4.78 is 0. The largest absolute Gasteiger partial charge is 0.508 e. The first-order valence-electron chi connectivity index (χ1n) is 5.94. The Morgan fingerprint density at radius 3 is 2.62 bits per heavy atom. The maximum atomic E-state index is 10.7. The van der Waals surface area contributed by atoms with E-state index < -0.39 is 4.92 Å². The minimum Gasteiger partial charge on any atom is -0.508 e. The average Bonchev–Trinajstić information content (AvgIpc) is 2.46. The van der Waals surface area contributed by atoms with E-state index in [1.807, 2.05) is 6.07 Å². The van der Waals surface area contributed by atoms with Gasteiger partial charge < -0.3 is 15.5 Å². The van der Waals surface area contributed by atoms with Crippen molar-refractivity contribution in [3.05, 3.63) is 57.6 Å². The number of nitrogens with zero attached hydrogens (tertiary/aromatic N) is 2. The van der Waals surface area contributed by atoms with E-state index in [4.69, 9.17) is 5.26 Å². The van der Waals surface area contributed by atoms with E-state index in [-0.39, 0.29) is 29.3 Å². The molecule has 0 fully saturated rings. The van der Waals surface area contributed by atoms with E-state index in [1.54, 1.807) is 0 Å². The number of nitro benzene ring substituents is 1. The topological polar surface area (TPSA) is 119 Å². The van der Waals surface area contributed by atoms with Crippen molar-refractivity contribution in [3.63, 3.8) is 0 Å². The van der Waals surface area contributed by atoms with Gasteiger partial charge >= 0.3 is 0 Å². The number of nitrogens with one attached hydrogen (secondary N) is 1. The number of rotatable bonds is 4. The van der Waals surface area contributed by atoms with Gasteiger partial charge in [-0.1, -0.05) is 0 Å². The van der Waals surface area contributed by atoms with Crippen LogP contribution in [0.25, 0.3) is 0 Å². The number of anilines is 1. The molecule has 3 N–H and O–H groups in total. The number of phenolic OH excluding ortho intramolecular Hbond substituents is 2. The third-order valence-corrected chi connectivity index (χ3v) is 2.87. The predicted octanol–water partition coefficient (Wildman–Crippen LogP) is 2.49. The first kappa shape index (κ1) is 14.1. The fraction of sp³-hybridized carbons (Fsp3) is 0.0714. The molecule has 21 heavy (non-hydrogen) atoms. The SMILES string of the molecule is N#Cc1cc([N+](=O)[O-])ccc1NCc1ccc(O)cc1O. The van der Waals surface area contributed by atoms with E-state index in [9.17, 15) is 20.3 Å². The van der Waals surface area contributed by atoms with Gasteiger partial charge in [-0.15, -0.1) is 0 Å². The van der Waals surface area contributed by atoms with Gasteiger partial charge in [-0.05, 0) is 18.2 Å². The Morgan fingerprint density at radius 2 is 2.00 bits per heavy atom. The van der Waals surface area contributed by atoms with Gasteiger partial charge in [0.05, 0.1) is 16.2 Å². The zero-order valence-corrected chi connectivity index (χ0v) is 10.8. The monoisotopic (exact) mass is 285 g/mol. The summed E-state index contributed by atoms with van der Waals surface area (Å²) in [6.07, 6.45) is 0. The predicted molar refractivity (Wildman–Crippen MR) is 74.9 cm³/mol. The van der Waals surface area contributed by atoms with Crippen molar-refractivity contribution in [1.82, 2.24) is 0 Å². The molecule has 7 nitrogen and oxygen atoms in total. The molecule has 0 aliphatic carbocycles. The fourth-order valence-electron chi connectivity index (χ4n) is 1.78. The third kappa shape index (κ3) is 3.19. The quantitative estimate of drug-likeness (QED) is 0.586. The Kier molecular flexibility index (Phi) is 3.90. The number of non-ortho nitro benzene ring substituents is 1. The highest BCUT2D eigenvalue weighted by Crippen LogP contribution is 2.25. The van der Waals surface area contributed by atoms with Crippen LogP contribution in [0.15, 0.2) is 36.4 Å². The van der Waals surface area contributed by atoms with Crippen molar-refractivity contribution < 1.29 is 15.1 Å². The number of benzene rings is 2. The van der Waals surface area contributed by atoms with Gasteiger partial charge in [-0.3, -0.25) is 10.1 Å². The molecule has 2 aromatic carbocycles. The number of hydrogen-bond donors (Lipinski definition) is 3. The highest BCUT2D eigenvalue weighted by atomic mass is 16.6. The van der Waals surface area contributed by atoms with Crippen molar-refractivity contribution in [2.75, 3.05) is 5.32 Å². The first-order valence-corrected chi connectivity index (χ1v) is 5.94. The van der Waals surface area contributed by atoms with E-state index in [0.717, 1.165) is 0 Å². The summed E-state index contributed by atoms with van der Waals surface area (Å²) in [7, 11) is 0. The van der Waals surface area contributed by atoms with Gasteiger partial charge in [0.15, 0.2) is 0 Å². The summed E-state index contributed by atoms with van der Waals surface area (Å²) in [6, 6.07) is 9.96. The lowest BCUT2D eigenvalue weighted by Crippen LogP contribution is -2.02. The lowest BCUT2D eigenvalue weighted by Gasteiger charge is -2.09. The molecule has 0 aliphatic rings. The van der Waals surface area contributed by atoms with Gasteiger partial charge in [0, 0.05) is 30.3 Å². The zero-order valence-electron chi connectivity index (χ0n) is 10.8. The summed E-state index contributed by atoms with van der Waals surface area (Å²) in [5, 5.41) is 41.5. The van der Waals surface area contributed by atoms with E-state index in [1.165, 1.54) is 36.4 Å². The molecule has 0 aromatic heterocycles. The van der Waals surface area contributed by atoms with E-state index in [0.29, 0.717) is 11.3 Å². The molecular formula is C14H11N3O4. The van der Waals surface area contributed by atoms with Gasteiger partial charge in [-0.25, -0.2) is 0 Å². The van der Waals surface area contributed by atoms with E-state index in [2.05, 4.69) is 5.32 Å². The Hall–Kier alpha value is -3.27.